The van der Waals surface area contributed by atoms with E-state index in [1.54, 1.807) is 7.11 Å². The van der Waals surface area contributed by atoms with Gasteiger partial charge < -0.3 is 15.4 Å². The minimum absolute atomic E-state index is 0.184. The molecule has 0 aliphatic carbocycles. The maximum absolute atomic E-state index is 11.8. The Morgan fingerprint density at radius 3 is 2.16 bits per heavy atom. The van der Waals surface area contributed by atoms with Crippen molar-refractivity contribution in [2.45, 2.75) is 19.4 Å². The van der Waals surface area contributed by atoms with Gasteiger partial charge in [-0.2, -0.15) is 0 Å². The fourth-order valence-corrected chi connectivity index (χ4v) is 2.34. The number of hydrogen-bond acceptors (Lipinski definition) is 3. The predicted molar refractivity (Wildman–Crippen MR) is 97.6 cm³/mol. The highest BCUT2D eigenvalue weighted by Gasteiger charge is 2.08. The lowest BCUT2D eigenvalue weighted by Gasteiger charge is -2.07. The number of methoxy groups -OCH3 is 1. The Bertz CT molecular complexity index is 700. The zero-order valence-corrected chi connectivity index (χ0v) is 14.8. The molecule has 2 amide bonds. The minimum atomic E-state index is -0.306. The van der Waals surface area contributed by atoms with Crippen LogP contribution in [-0.4, -0.2) is 25.5 Å². The van der Waals surface area contributed by atoms with Gasteiger partial charge in [-0.3, -0.25) is 9.59 Å². The SMILES string of the molecule is COc1ccc(CNC(=O)CC(=O)NCCc2ccc(Cl)cc2)cc1. The molecular weight excluding hydrogens is 340 g/mol. The Hall–Kier alpha value is -2.53. The third-order valence-electron chi connectivity index (χ3n) is 3.62. The minimum Gasteiger partial charge on any atom is -0.497 e. The highest BCUT2D eigenvalue weighted by molar-refractivity contribution is 6.30. The maximum Gasteiger partial charge on any atom is 0.229 e. The fraction of sp³-hybridized carbons (Fsp3) is 0.263. The van der Waals surface area contributed by atoms with Gasteiger partial charge >= 0.3 is 0 Å². The first kappa shape index (κ1) is 18.8. The highest BCUT2D eigenvalue weighted by atomic mass is 35.5. The van der Waals surface area contributed by atoms with Gasteiger partial charge in [0.25, 0.3) is 0 Å². The Kier molecular flexibility index (Phi) is 7.29. The molecule has 132 valence electrons. The summed E-state index contributed by atoms with van der Waals surface area (Å²) < 4.78 is 5.08. The van der Waals surface area contributed by atoms with E-state index >= 15 is 0 Å². The second kappa shape index (κ2) is 9.69. The molecular formula is C19H21ClN2O3. The topological polar surface area (TPSA) is 67.4 Å². The van der Waals surface area contributed by atoms with Crippen molar-refractivity contribution in [1.29, 1.82) is 0 Å². The summed E-state index contributed by atoms with van der Waals surface area (Å²) in [7, 11) is 1.60. The van der Waals surface area contributed by atoms with Crippen LogP contribution >= 0.6 is 11.6 Å². The summed E-state index contributed by atoms with van der Waals surface area (Å²) >= 11 is 5.82. The van der Waals surface area contributed by atoms with Gasteiger partial charge in [0.15, 0.2) is 0 Å². The first-order chi connectivity index (χ1) is 12.1. The lowest BCUT2D eigenvalue weighted by atomic mass is 10.1. The quantitative estimate of drug-likeness (QED) is 0.711. The molecule has 2 aromatic rings. The molecule has 0 unspecified atom stereocenters. The van der Waals surface area contributed by atoms with Gasteiger partial charge in [-0.15, -0.1) is 0 Å². The Morgan fingerprint density at radius 2 is 1.52 bits per heavy atom. The summed E-state index contributed by atoms with van der Waals surface area (Å²) in [5.74, 6) is 0.163. The van der Waals surface area contributed by atoms with Crippen molar-refractivity contribution in [3.63, 3.8) is 0 Å². The van der Waals surface area contributed by atoms with E-state index in [0.29, 0.717) is 24.5 Å². The summed E-state index contributed by atoms with van der Waals surface area (Å²) in [5.41, 5.74) is 2.02. The van der Waals surface area contributed by atoms with E-state index in [4.69, 9.17) is 16.3 Å². The molecule has 0 spiro atoms. The van der Waals surface area contributed by atoms with Crippen LogP contribution in [0, 0.1) is 0 Å². The first-order valence-electron chi connectivity index (χ1n) is 7.97. The van der Waals surface area contributed by atoms with Crippen LogP contribution in [0.2, 0.25) is 5.02 Å². The zero-order chi connectivity index (χ0) is 18.1. The normalized spacial score (nSPS) is 10.2. The largest absolute Gasteiger partial charge is 0.497 e. The number of hydrogen-bond donors (Lipinski definition) is 2. The van der Waals surface area contributed by atoms with Crippen molar-refractivity contribution in [3.8, 4) is 5.75 Å². The monoisotopic (exact) mass is 360 g/mol. The molecule has 2 aromatic carbocycles. The van der Waals surface area contributed by atoms with E-state index in [-0.39, 0.29) is 18.2 Å². The van der Waals surface area contributed by atoms with Crippen LogP contribution in [0.4, 0.5) is 0 Å². The zero-order valence-electron chi connectivity index (χ0n) is 14.0. The summed E-state index contributed by atoms with van der Waals surface area (Å²) in [6.07, 6.45) is 0.507. The third kappa shape index (κ3) is 6.85. The van der Waals surface area contributed by atoms with Gasteiger partial charge in [-0.05, 0) is 41.8 Å². The molecule has 6 heteroatoms. The second-order valence-corrected chi connectivity index (χ2v) is 5.96. The molecule has 0 aliphatic rings. The molecule has 2 N–H and O–H groups in total. The second-order valence-electron chi connectivity index (χ2n) is 5.53. The number of rotatable bonds is 8. The van der Waals surface area contributed by atoms with Crippen molar-refractivity contribution in [2.75, 3.05) is 13.7 Å². The van der Waals surface area contributed by atoms with E-state index in [0.717, 1.165) is 16.9 Å². The summed E-state index contributed by atoms with van der Waals surface area (Å²) in [6, 6.07) is 14.8. The molecule has 0 saturated heterocycles. The average molecular weight is 361 g/mol. The van der Waals surface area contributed by atoms with Crippen molar-refractivity contribution in [3.05, 3.63) is 64.7 Å². The lowest BCUT2D eigenvalue weighted by Crippen LogP contribution is -2.32. The average Bonchev–Trinajstić information content (AvgIpc) is 2.62. The van der Waals surface area contributed by atoms with Crippen LogP contribution < -0.4 is 15.4 Å². The van der Waals surface area contributed by atoms with Gasteiger partial charge in [0.05, 0.1) is 7.11 Å². The van der Waals surface area contributed by atoms with Crippen molar-refractivity contribution in [2.24, 2.45) is 0 Å². The fourth-order valence-electron chi connectivity index (χ4n) is 2.21. The van der Waals surface area contributed by atoms with Crippen LogP contribution in [-0.2, 0) is 22.6 Å². The molecule has 5 nitrogen and oxygen atoms in total. The molecule has 0 saturated carbocycles. The van der Waals surface area contributed by atoms with Gasteiger partial charge in [-0.1, -0.05) is 35.9 Å². The van der Waals surface area contributed by atoms with Crippen LogP contribution in [0.1, 0.15) is 17.5 Å². The first-order valence-corrected chi connectivity index (χ1v) is 8.35. The molecule has 0 fully saturated rings. The van der Waals surface area contributed by atoms with Gasteiger partial charge in [0, 0.05) is 18.1 Å². The lowest BCUT2D eigenvalue weighted by molar-refractivity contribution is -0.129. The molecule has 2 rings (SSSR count). The van der Waals surface area contributed by atoms with Gasteiger partial charge in [0.1, 0.15) is 12.2 Å². The van der Waals surface area contributed by atoms with Gasteiger partial charge in [-0.25, -0.2) is 0 Å². The Labute approximate surface area is 152 Å². The third-order valence-corrected chi connectivity index (χ3v) is 3.87. The van der Waals surface area contributed by atoms with Crippen LogP contribution in [0.25, 0.3) is 0 Å². The number of benzene rings is 2. The van der Waals surface area contributed by atoms with E-state index < -0.39 is 0 Å². The number of carbonyl (C=O) groups is 2. The number of ether oxygens (including phenoxy) is 1. The van der Waals surface area contributed by atoms with E-state index in [2.05, 4.69) is 10.6 Å². The van der Waals surface area contributed by atoms with Crippen LogP contribution in [0.3, 0.4) is 0 Å². The molecule has 0 aliphatic heterocycles. The van der Waals surface area contributed by atoms with E-state index in [1.165, 1.54) is 0 Å². The van der Waals surface area contributed by atoms with Crippen molar-refractivity contribution in [1.82, 2.24) is 10.6 Å². The summed E-state index contributed by atoms with van der Waals surface area (Å²) in [6.45, 7) is 0.854. The Balaban J connectivity index is 1.65. The number of amides is 2. The maximum atomic E-state index is 11.8. The number of halogens is 1. The molecule has 25 heavy (non-hydrogen) atoms. The van der Waals surface area contributed by atoms with Crippen LogP contribution in [0.15, 0.2) is 48.5 Å². The van der Waals surface area contributed by atoms with Crippen LogP contribution in [0.5, 0.6) is 5.75 Å². The van der Waals surface area contributed by atoms with E-state index in [1.807, 2.05) is 48.5 Å². The molecule has 0 radical (unpaired) electrons. The van der Waals surface area contributed by atoms with Crippen molar-refractivity contribution < 1.29 is 14.3 Å². The van der Waals surface area contributed by atoms with Gasteiger partial charge in [0.2, 0.25) is 11.8 Å². The number of nitrogens with one attached hydrogen (secondary N) is 2. The smallest absolute Gasteiger partial charge is 0.229 e. The predicted octanol–water partition coefficient (Wildman–Crippen LogP) is 2.71. The molecule has 0 bridgehead atoms. The number of carbonyl (C=O) groups excluding carboxylic acids is 2. The Morgan fingerprint density at radius 1 is 0.920 bits per heavy atom. The molecule has 0 aromatic heterocycles. The van der Waals surface area contributed by atoms with Crippen molar-refractivity contribution >= 4 is 23.4 Å². The molecule has 0 heterocycles. The summed E-state index contributed by atoms with van der Waals surface area (Å²) in [5, 5.41) is 6.15. The summed E-state index contributed by atoms with van der Waals surface area (Å²) in [4.78, 5) is 23.6. The molecule has 0 atom stereocenters. The highest BCUT2D eigenvalue weighted by Crippen LogP contribution is 2.11. The van der Waals surface area contributed by atoms with E-state index in [9.17, 15) is 9.59 Å². The standard InChI is InChI=1S/C19H21ClN2O3/c1-25-17-8-4-15(5-9-17)13-22-19(24)12-18(23)21-11-10-14-2-6-16(20)7-3-14/h2-9H,10-13H2,1H3,(H,21,23)(H,22,24).